The molecule has 8 aliphatic carbocycles. The van der Waals surface area contributed by atoms with E-state index in [9.17, 15) is 52.8 Å². The van der Waals surface area contributed by atoms with Crippen LogP contribution >= 0.6 is 0 Å². The van der Waals surface area contributed by atoms with Crippen LogP contribution in [-0.2, 0) is 168 Å². The molecule has 36 heteroatoms. The number of carbonyl (C=O) groups is 4. The number of fused-ring (bicyclic) bond motifs is 8. The highest BCUT2D eigenvalue weighted by Crippen LogP contribution is 2.43. The highest BCUT2D eigenvalue weighted by atomic mass is 32.2. The number of likely N-dealkylation sites (tertiary alicyclic amines) is 2. The van der Waals surface area contributed by atoms with Crippen molar-refractivity contribution >= 4 is 87.0 Å². The molecule has 0 radical (unpaired) electrons. The summed E-state index contributed by atoms with van der Waals surface area (Å²) in [6.07, 6.45) is 31.6. The highest BCUT2D eigenvalue weighted by Gasteiger charge is 2.36. The topological polar surface area (TPSA) is 385 Å². The summed E-state index contributed by atoms with van der Waals surface area (Å²) in [5.74, 6) is 0.476. The summed E-state index contributed by atoms with van der Waals surface area (Å²) in [6.45, 7) is 11.5. The van der Waals surface area contributed by atoms with Gasteiger partial charge in [0, 0.05) is 91.7 Å². The summed E-state index contributed by atoms with van der Waals surface area (Å²) >= 11 is 0. The van der Waals surface area contributed by atoms with Gasteiger partial charge >= 0.3 is 24.1 Å². The first-order valence-corrected chi connectivity index (χ1v) is 48.4. The number of aromatic nitrogens is 8. The Morgan fingerprint density at radius 2 is 0.711 bits per heavy atom. The van der Waals surface area contributed by atoms with Crippen molar-refractivity contribution < 1.29 is 52.8 Å². The molecule has 18 rings (SSSR count). The number of urea groups is 4. The van der Waals surface area contributed by atoms with Crippen LogP contribution < -0.4 is 40.2 Å². The molecule has 10 aliphatic rings. The number of aryl methyl sites for hydroxylation is 8. The van der Waals surface area contributed by atoms with Crippen molar-refractivity contribution in [3.8, 4) is 0 Å². The lowest BCUT2D eigenvalue weighted by Crippen LogP contribution is -2.47. The number of carbonyl (C=O) groups excluding carboxylic acids is 4. The third kappa shape index (κ3) is 19.4. The van der Waals surface area contributed by atoms with Crippen LogP contribution in [0.3, 0.4) is 0 Å². The van der Waals surface area contributed by atoms with Gasteiger partial charge in [-0.05, 0) is 343 Å². The van der Waals surface area contributed by atoms with Crippen LogP contribution in [0.1, 0.15) is 168 Å². The van der Waals surface area contributed by atoms with E-state index in [1.165, 1.54) is 68.8 Å². The molecule has 32 nitrogen and oxygen atoms in total. The van der Waals surface area contributed by atoms with Crippen molar-refractivity contribution in [3.05, 3.63) is 162 Å². The summed E-state index contributed by atoms with van der Waals surface area (Å²) in [4.78, 5) is 59.1. The van der Waals surface area contributed by atoms with Crippen molar-refractivity contribution in [3.63, 3.8) is 0 Å². The van der Waals surface area contributed by atoms with Crippen molar-refractivity contribution in [2.24, 2.45) is 5.92 Å². The number of nitrogens with zero attached hydrogens (tertiary/aromatic N) is 12. The van der Waals surface area contributed by atoms with Gasteiger partial charge in [0.25, 0.3) is 40.1 Å². The van der Waals surface area contributed by atoms with Gasteiger partial charge in [-0.1, -0.05) is 24.3 Å². The van der Waals surface area contributed by atoms with E-state index in [4.69, 9.17) is 0 Å². The fraction of sp³-hybridized carbons (Fsp3) is 0.529. The lowest BCUT2D eigenvalue weighted by molar-refractivity contribution is 0.106. The summed E-state index contributed by atoms with van der Waals surface area (Å²) in [7, 11) is -4.29. The molecule has 0 spiro atoms. The second kappa shape index (κ2) is 35.3. The van der Waals surface area contributed by atoms with Gasteiger partial charge in [-0.25, -0.2) is 38.1 Å². The van der Waals surface area contributed by atoms with E-state index in [0.29, 0.717) is 38.1 Å². The molecular weight excluding hydrogens is 1620 g/mol. The molecule has 6 heterocycles. The molecule has 4 aromatic heterocycles. The predicted molar refractivity (Wildman–Crippen MR) is 461 cm³/mol. The van der Waals surface area contributed by atoms with E-state index < -0.39 is 69.8 Å². The Labute approximate surface area is 709 Å². The molecule has 0 unspecified atom stereocenters. The molecule has 2 aliphatic heterocycles. The largest absolute Gasteiger partial charge is 0.333 e. The Morgan fingerprint density at radius 1 is 0.421 bits per heavy atom. The maximum atomic E-state index is 12.8. The second-order valence-corrected chi connectivity index (χ2v) is 41.8. The number of rotatable bonds is 22. The van der Waals surface area contributed by atoms with E-state index in [1.54, 1.807) is 43.5 Å². The van der Waals surface area contributed by atoms with Gasteiger partial charge in [0.15, 0.2) is 20.1 Å². The van der Waals surface area contributed by atoms with Crippen LogP contribution in [0.25, 0.3) is 0 Å². The first kappa shape index (κ1) is 86.4. The number of sulfonamides is 4. The number of benzene rings is 4. The molecule has 2 fully saturated rings. The molecule has 8 aromatic rings. The fourth-order valence-electron chi connectivity index (χ4n) is 19.2. The molecule has 8 N–H and O–H groups in total. The summed E-state index contributed by atoms with van der Waals surface area (Å²) < 4.78 is 117. The van der Waals surface area contributed by atoms with E-state index in [2.05, 4.69) is 102 Å². The zero-order chi connectivity index (χ0) is 85.6. The van der Waals surface area contributed by atoms with Crippen LogP contribution in [-0.4, -0.2) is 197 Å². The lowest BCUT2D eigenvalue weighted by atomic mass is 9.99. The Bertz CT molecular complexity index is 5510. The summed E-state index contributed by atoms with van der Waals surface area (Å²) in [5.41, 5.74) is 22.4. The Hall–Kier alpha value is -9.56. The molecule has 121 heavy (non-hydrogen) atoms. The summed E-state index contributed by atoms with van der Waals surface area (Å²) in [5, 5.41) is 27.6. The zero-order valence-electron chi connectivity index (χ0n) is 70.7. The van der Waals surface area contributed by atoms with Gasteiger partial charge in [0.1, 0.15) is 0 Å². The zero-order valence-corrected chi connectivity index (χ0v) is 74.0. The van der Waals surface area contributed by atoms with Crippen LogP contribution in [0.4, 0.5) is 41.9 Å². The number of hydrogen-bond donors (Lipinski definition) is 8. The molecule has 4 aromatic carbocycles. The number of nitrogens with one attached hydrogen (secondary N) is 8. The standard InChI is InChI=1S/C22H31N5O3S.2C21H27N5O3S.C21H29N5O3S/c1-22(2,14-26(3)4)27-12-11-19(24-27)31(29,30)25-21(28)23-20-17-9-5-7-15(17)13-16-8-6-10-18(16)20;1-25-10-8-16(25)13-26-11-9-19(23-26)30(28,29)24-21(27)22-20-17-6-2-4-14(17)12-15-5-3-7-18(15)20;1-25-11-14(12-25)13-26-9-8-19(23-26)30(28,29)24-21(27)22-20-17-6-2-4-15(17)10-16-5-3-7-18(16)20;1-14(25(2)3)13-26-11-10-19(23-26)30(28,29)24-21(27)22-20-17-8-4-6-15(17)12-16-7-5-9-18(16)20/h11-13H,5-10,14H2,1-4H3,(H2,23,25,28);9,11-12,16H,2-8,10,13H2,1H3,(H2,22,24,27);8-10,14H,2-7,11-13H2,1H3,(H2,22,24,27);10-12,14H,4-9,13H2,1-3H3,(H2,22,24,27)/t;16-;;14-/m.0.0/s1. The normalized spacial score (nSPS) is 17.8. The molecule has 8 amide bonds. The first-order valence-electron chi connectivity index (χ1n) is 42.5. The van der Waals surface area contributed by atoms with Crippen LogP contribution in [0.2, 0.25) is 0 Å². The average molecular weight is 1740 g/mol. The number of anilines is 4. The second-order valence-electron chi connectivity index (χ2n) is 35.3. The molecule has 0 saturated carbocycles. The minimum Gasteiger partial charge on any atom is -0.307 e. The Balaban J connectivity index is 0.000000126. The quantitative estimate of drug-likeness (QED) is 0.0313. The van der Waals surface area contributed by atoms with Gasteiger partial charge in [0.2, 0.25) is 0 Å². The maximum Gasteiger partial charge on any atom is 0.333 e. The Morgan fingerprint density at radius 3 is 0.992 bits per heavy atom. The van der Waals surface area contributed by atoms with E-state index in [1.807, 2.05) is 65.8 Å². The van der Waals surface area contributed by atoms with E-state index in [0.717, 1.165) is 247 Å². The van der Waals surface area contributed by atoms with Crippen LogP contribution in [0.15, 0.2) is 93.4 Å². The van der Waals surface area contributed by atoms with Gasteiger partial charge in [-0.3, -0.25) is 18.7 Å². The fourth-order valence-corrected chi connectivity index (χ4v) is 22.6. The van der Waals surface area contributed by atoms with Crippen molar-refractivity contribution in [2.45, 2.75) is 239 Å². The van der Waals surface area contributed by atoms with Gasteiger partial charge in [0.05, 0.1) is 18.6 Å². The average Bonchev–Trinajstić information content (AvgIpc) is 1.63. The number of hydrogen-bond acceptors (Lipinski definition) is 20. The smallest absolute Gasteiger partial charge is 0.307 e. The van der Waals surface area contributed by atoms with Crippen molar-refractivity contribution in [1.29, 1.82) is 0 Å². The molecule has 0 bridgehead atoms. The monoisotopic (exact) mass is 1730 g/mol. The third-order valence-corrected chi connectivity index (χ3v) is 30.2. The minimum absolute atomic E-state index is 0.131. The van der Waals surface area contributed by atoms with Crippen molar-refractivity contribution in [2.75, 3.05) is 89.7 Å². The highest BCUT2D eigenvalue weighted by molar-refractivity contribution is 7.90. The van der Waals surface area contributed by atoms with E-state index >= 15 is 0 Å². The lowest BCUT2D eigenvalue weighted by Gasteiger charge is -2.37. The van der Waals surface area contributed by atoms with Gasteiger partial charge < -0.3 is 40.9 Å². The van der Waals surface area contributed by atoms with Crippen molar-refractivity contribution in [1.82, 2.24) is 77.6 Å². The molecule has 2 atom stereocenters. The maximum absolute atomic E-state index is 12.8. The van der Waals surface area contributed by atoms with Crippen LogP contribution in [0, 0.1) is 5.92 Å². The Kier molecular flexibility index (Phi) is 25.2. The summed E-state index contributed by atoms with van der Waals surface area (Å²) in [6, 6.07) is 12.4. The molecule has 2 saturated heterocycles. The van der Waals surface area contributed by atoms with E-state index in [-0.39, 0.29) is 26.1 Å². The van der Waals surface area contributed by atoms with Gasteiger partial charge in [-0.15, -0.1) is 0 Å². The molecule has 650 valence electrons. The number of likely N-dealkylation sites (N-methyl/N-ethyl adjacent to an activating group) is 3. The van der Waals surface area contributed by atoms with Gasteiger partial charge in [-0.2, -0.15) is 54.1 Å². The third-order valence-electron chi connectivity index (χ3n) is 25.3. The minimum atomic E-state index is -4.08. The SMILES string of the molecule is CN(C)CC(C)(C)n1ccc(S(=O)(=O)NC(=O)Nc2c3c(cc4c2CCC4)CCC3)n1.CN1CC(Cn2ccc(S(=O)(=O)NC(=O)Nc3c4c(cc5c3CCC5)CCC4)n2)C1.CN1CC[C@H]1Cn1ccc(S(=O)(=O)NC(=O)Nc2c3c(cc4c2CCC4)CCC3)n1.C[C@@H](Cn1ccc(S(=O)(=O)NC(=O)Nc2c3c(cc4c2CCC4)CCC3)n1)N(C)C. The number of amides is 8. The molecular formula is C85H114N20O12S4. The van der Waals surface area contributed by atoms with Crippen LogP contribution in [0.5, 0.6) is 0 Å². The first-order chi connectivity index (χ1) is 57.6. The predicted octanol–water partition coefficient (Wildman–Crippen LogP) is 9.00.